The first-order valence-electron chi connectivity index (χ1n) is 8.34. The Morgan fingerprint density at radius 3 is 2.68 bits per heavy atom. The minimum atomic E-state index is -0.678. The first-order valence-corrected chi connectivity index (χ1v) is 8.71. The maximum atomic E-state index is 6.26. The number of ether oxygens (including phenoxy) is 4. The Morgan fingerprint density at radius 1 is 1.20 bits per heavy atom. The quantitative estimate of drug-likeness (QED) is 0.827. The van der Waals surface area contributed by atoms with Crippen molar-refractivity contribution < 1.29 is 18.9 Å². The predicted octanol–water partition coefficient (Wildman–Crippen LogP) is 2.18. The summed E-state index contributed by atoms with van der Waals surface area (Å²) < 4.78 is 23.4. The van der Waals surface area contributed by atoms with Crippen molar-refractivity contribution in [2.45, 2.75) is 57.4 Å². The highest BCUT2D eigenvalue weighted by Crippen LogP contribution is 2.44. The Morgan fingerprint density at radius 2 is 1.96 bits per heavy atom. The van der Waals surface area contributed by atoms with Gasteiger partial charge in [0.25, 0.3) is 0 Å². The lowest BCUT2D eigenvalue weighted by molar-refractivity contribution is -0.192. The summed E-state index contributed by atoms with van der Waals surface area (Å²) >= 11 is 6.26. The van der Waals surface area contributed by atoms with Crippen LogP contribution in [-0.2, 0) is 25.4 Å². The summed E-state index contributed by atoms with van der Waals surface area (Å²) in [7, 11) is 1.63. The highest BCUT2D eigenvalue weighted by atomic mass is 35.5. The van der Waals surface area contributed by atoms with E-state index in [1.165, 1.54) is 0 Å². The molecule has 25 heavy (non-hydrogen) atoms. The smallest absolute Gasteiger partial charge is 0.182 e. The Bertz CT molecular complexity index is 796. The number of aromatic amines is 1. The van der Waals surface area contributed by atoms with E-state index in [2.05, 4.69) is 19.9 Å². The van der Waals surface area contributed by atoms with Gasteiger partial charge in [-0.25, -0.2) is 15.0 Å². The van der Waals surface area contributed by atoms with Gasteiger partial charge in [-0.15, -0.1) is 0 Å². The Hall–Kier alpha value is -1.32. The Labute approximate surface area is 150 Å². The molecule has 1 N–H and O–H groups in total. The van der Waals surface area contributed by atoms with Crippen LogP contribution in [-0.4, -0.2) is 57.8 Å². The molecule has 2 saturated heterocycles. The van der Waals surface area contributed by atoms with Gasteiger partial charge in [0.15, 0.2) is 16.6 Å². The van der Waals surface area contributed by atoms with E-state index in [0.29, 0.717) is 41.0 Å². The second-order valence-corrected chi connectivity index (χ2v) is 7.08. The number of nitrogens with one attached hydrogen (secondary N) is 1. The van der Waals surface area contributed by atoms with E-state index >= 15 is 0 Å². The number of aromatic nitrogens is 4. The Balaban J connectivity index is 1.71. The van der Waals surface area contributed by atoms with Crippen molar-refractivity contribution in [3.8, 4) is 0 Å². The summed E-state index contributed by atoms with van der Waals surface area (Å²) in [6, 6.07) is 0. The predicted molar refractivity (Wildman–Crippen MR) is 89.4 cm³/mol. The van der Waals surface area contributed by atoms with Gasteiger partial charge in [0.05, 0.1) is 6.61 Å². The molecular formula is C16H21ClN4O4. The molecule has 2 fully saturated rings. The largest absolute Gasteiger partial charge is 0.382 e. The van der Waals surface area contributed by atoms with Crippen LogP contribution in [0.2, 0.25) is 5.15 Å². The molecule has 136 valence electrons. The van der Waals surface area contributed by atoms with Gasteiger partial charge >= 0.3 is 0 Å². The molecule has 0 unspecified atom stereocenters. The van der Waals surface area contributed by atoms with Crippen molar-refractivity contribution in [2.24, 2.45) is 0 Å². The van der Waals surface area contributed by atoms with Gasteiger partial charge in [-0.1, -0.05) is 18.5 Å². The van der Waals surface area contributed by atoms with Gasteiger partial charge in [-0.2, -0.15) is 0 Å². The number of imidazole rings is 1. The van der Waals surface area contributed by atoms with Crippen LogP contribution >= 0.6 is 11.6 Å². The van der Waals surface area contributed by atoms with E-state index in [0.717, 1.165) is 0 Å². The third kappa shape index (κ3) is 2.92. The van der Waals surface area contributed by atoms with Crippen molar-refractivity contribution in [3.63, 3.8) is 0 Å². The molecule has 0 amide bonds. The van der Waals surface area contributed by atoms with Crippen LogP contribution in [0.5, 0.6) is 0 Å². The number of aryl methyl sites for hydroxylation is 1. The third-order valence-corrected chi connectivity index (χ3v) is 4.71. The molecule has 0 aromatic carbocycles. The molecule has 0 saturated carbocycles. The van der Waals surface area contributed by atoms with Crippen molar-refractivity contribution in [1.82, 2.24) is 19.9 Å². The number of H-pyrrole nitrogens is 1. The van der Waals surface area contributed by atoms with E-state index in [1.807, 2.05) is 20.8 Å². The van der Waals surface area contributed by atoms with Crippen LogP contribution in [0.3, 0.4) is 0 Å². The number of halogens is 1. The summed E-state index contributed by atoms with van der Waals surface area (Å²) in [5.74, 6) is 0.580. The monoisotopic (exact) mass is 368 g/mol. The number of hydrogen-bond acceptors (Lipinski definition) is 7. The molecule has 4 heterocycles. The van der Waals surface area contributed by atoms with Crippen LogP contribution in [0.1, 0.15) is 38.5 Å². The number of hydrogen-bond donors (Lipinski definition) is 1. The molecule has 2 aromatic rings. The van der Waals surface area contributed by atoms with E-state index in [-0.39, 0.29) is 18.3 Å². The summed E-state index contributed by atoms with van der Waals surface area (Å²) in [4.78, 5) is 16.5. The molecule has 0 radical (unpaired) electrons. The first kappa shape index (κ1) is 17.1. The minimum Gasteiger partial charge on any atom is -0.382 e. The molecule has 2 aliphatic rings. The van der Waals surface area contributed by atoms with E-state index in [1.54, 1.807) is 7.11 Å². The molecule has 8 nitrogen and oxygen atoms in total. The van der Waals surface area contributed by atoms with E-state index in [4.69, 9.17) is 30.5 Å². The van der Waals surface area contributed by atoms with Crippen LogP contribution in [0.4, 0.5) is 0 Å². The van der Waals surface area contributed by atoms with Gasteiger partial charge < -0.3 is 23.9 Å². The summed E-state index contributed by atoms with van der Waals surface area (Å²) in [6.07, 6.45) is -0.470. The molecule has 0 spiro atoms. The zero-order valence-electron chi connectivity index (χ0n) is 14.6. The Kier molecular flexibility index (Phi) is 4.20. The number of fused-ring (bicyclic) bond motifs is 2. The van der Waals surface area contributed by atoms with Gasteiger partial charge in [-0.3, -0.25) is 0 Å². The van der Waals surface area contributed by atoms with E-state index in [9.17, 15) is 0 Å². The second kappa shape index (κ2) is 6.14. The van der Waals surface area contributed by atoms with Crippen LogP contribution in [0.25, 0.3) is 11.2 Å². The van der Waals surface area contributed by atoms with Crippen molar-refractivity contribution in [1.29, 1.82) is 0 Å². The van der Waals surface area contributed by atoms with Crippen molar-refractivity contribution >= 4 is 22.8 Å². The highest BCUT2D eigenvalue weighted by molar-refractivity contribution is 6.33. The van der Waals surface area contributed by atoms with Crippen molar-refractivity contribution in [3.05, 3.63) is 16.8 Å². The molecule has 2 aliphatic heterocycles. The van der Waals surface area contributed by atoms with Gasteiger partial charge in [-0.05, 0) is 13.8 Å². The van der Waals surface area contributed by atoms with Crippen LogP contribution in [0.15, 0.2) is 0 Å². The van der Waals surface area contributed by atoms with E-state index < -0.39 is 11.9 Å². The first-order chi connectivity index (χ1) is 11.9. The maximum absolute atomic E-state index is 6.26. The topological polar surface area (TPSA) is 91.4 Å². The fourth-order valence-electron chi connectivity index (χ4n) is 3.42. The number of nitrogens with zero attached hydrogens (tertiary/aromatic N) is 3. The van der Waals surface area contributed by atoms with Crippen LogP contribution in [0, 0.1) is 0 Å². The lowest BCUT2D eigenvalue weighted by atomic mass is 10.1. The van der Waals surface area contributed by atoms with Crippen LogP contribution < -0.4 is 0 Å². The average molecular weight is 369 g/mol. The number of methoxy groups -OCH3 is 1. The minimum absolute atomic E-state index is 0.221. The average Bonchev–Trinajstić information content (AvgIpc) is 3.19. The lowest BCUT2D eigenvalue weighted by Crippen LogP contribution is -2.32. The zero-order valence-corrected chi connectivity index (χ0v) is 15.3. The fraction of sp³-hybridized carbons (Fsp3) is 0.688. The van der Waals surface area contributed by atoms with Gasteiger partial charge in [0.2, 0.25) is 0 Å². The number of rotatable bonds is 4. The molecular weight excluding hydrogens is 348 g/mol. The molecule has 4 rings (SSSR count). The van der Waals surface area contributed by atoms with Gasteiger partial charge in [0.1, 0.15) is 41.6 Å². The molecule has 0 bridgehead atoms. The second-order valence-electron chi connectivity index (χ2n) is 6.72. The maximum Gasteiger partial charge on any atom is 0.182 e. The molecule has 0 aliphatic carbocycles. The lowest BCUT2D eigenvalue weighted by Gasteiger charge is -2.23. The molecule has 4 atom stereocenters. The summed E-state index contributed by atoms with van der Waals surface area (Å²) in [5, 5.41) is 0.354. The fourth-order valence-corrected chi connectivity index (χ4v) is 3.65. The highest BCUT2D eigenvalue weighted by Gasteiger charge is 2.56. The van der Waals surface area contributed by atoms with Crippen molar-refractivity contribution in [2.75, 3.05) is 13.7 Å². The third-order valence-electron chi connectivity index (χ3n) is 4.44. The molecule has 9 heteroatoms. The SMILES string of the molecule is CCc1nc(Cl)c2[nH]c([C@@H]3O[C@H](COC)[C@H]4OC(C)(C)O[C@H]43)nc2n1. The zero-order chi connectivity index (χ0) is 17.8. The molecule has 2 aromatic heterocycles. The standard InChI is InChI=1S/C16H21ClN4O4/c1-5-8-18-13(17)9-14(19-8)21-15(20-9)12-11-10(7(23-12)6-22-4)24-16(2,3)25-11/h7,10-12H,5-6H2,1-4H3,(H,18,19,20,21)/t7-,10-,11-,12-/m1/s1. The summed E-state index contributed by atoms with van der Waals surface area (Å²) in [6.45, 7) is 6.16. The van der Waals surface area contributed by atoms with Gasteiger partial charge in [0, 0.05) is 13.5 Å². The normalized spacial score (nSPS) is 30.9. The summed E-state index contributed by atoms with van der Waals surface area (Å²) in [5.41, 5.74) is 1.13.